The Labute approximate surface area is 549 Å². The molecule has 3 N–H and O–H groups in total. The van der Waals surface area contributed by atoms with Gasteiger partial charge in [0.15, 0.2) is 12.2 Å². The molecular formula is C71H138O17P2. The molecule has 0 rings (SSSR count). The van der Waals surface area contributed by atoms with Crippen LogP contribution in [0.5, 0.6) is 0 Å². The Balaban J connectivity index is 5.22. The summed E-state index contributed by atoms with van der Waals surface area (Å²) in [6, 6.07) is 0. The van der Waals surface area contributed by atoms with Crippen molar-refractivity contribution < 1.29 is 80.2 Å². The summed E-state index contributed by atoms with van der Waals surface area (Å²) in [5, 5.41) is 10.6. The number of aliphatic hydroxyl groups excluding tert-OH is 1. The molecule has 0 saturated heterocycles. The van der Waals surface area contributed by atoms with E-state index in [-0.39, 0.29) is 25.7 Å². The molecule has 0 aromatic carbocycles. The largest absolute Gasteiger partial charge is 0.472 e. The highest BCUT2D eigenvalue weighted by molar-refractivity contribution is 7.47. The number of hydrogen-bond acceptors (Lipinski definition) is 15. The minimum atomic E-state index is -4.95. The Hall–Kier alpha value is -1.94. The molecule has 0 aliphatic carbocycles. The second-order valence-electron chi connectivity index (χ2n) is 26.6. The van der Waals surface area contributed by atoms with Crippen molar-refractivity contribution in [1.82, 2.24) is 0 Å². The molecule has 534 valence electrons. The van der Waals surface area contributed by atoms with Crippen LogP contribution in [0.15, 0.2) is 0 Å². The molecule has 0 amide bonds. The lowest BCUT2D eigenvalue weighted by Gasteiger charge is -2.21. The third-order valence-corrected chi connectivity index (χ3v) is 18.4. The molecule has 90 heavy (non-hydrogen) atoms. The van der Waals surface area contributed by atoms with Gasteiger partial charge in [0.25, 0.3) is 0 Å². The zero-order valence-corrected chi connectivity index (χ0v) is 60.2. The van der Waals surface area contributed by atoms with Gasteiger partial charge in [-0.2, -0.15) is 0 Å². The van der Waals surface area contributed by atoms with Gasteiger partial charge in [0, 0.05) is 25.7 Å². The minimum Gasteiger partial charge on any atom is -0.462 e. The average molecular weight is 1330 g/mol. The molecule has 17 nitrogen and oxygen atoms in total. The van der Waals surface area contributed by atoms with E-state index >= 15 is 0 Å². The van der Waals surface area contributed by atoms with E-state index in [9.17, 15) is 43.2 Å². The third kappa shape index (κ3) is 64.8. The molecule has 19 heteroatoms. The standard InChI is InChI=1S/C71H138O17P2/c1-7-9-11-13-15-17-18-19-23-26-30-36-42-48-54-69(74)82-59-66(87-70(75)55-49-43-37-31-27-24-21-20-22-25-29-33-39-45-51-63(3)4)61-85-89(77,78)83-57-65(72)58-84-90(79,80)86-62-67(60-81-68(73)53-47-41-35-28-16-14-12-10-8-2)88-71(76)56-50-44-38-32-34-40-46-52-64(5)6/h63-67,72H,7-62H2,1-6H3,(H,77,78)(H,79,80)/t65-,66-,67-/m1/s1. The van der Waals surface area contributed by atoms with Crippen LogP contribution in [0.1, 0.15) is 363 Å². The molecule has 0 saturated carbocycles. The van der Waals surface area contributed by atoms with Crippen LogP contribution in [0, 0.1) is 11.8 Å². The van der Waals surface area contributed by atoms with Crippen LogP contribution in [0.25, 0.3) is 0 Å². The van der Waals surface area contributed by atoms with Crippen LogP contribution in [0.4, 0.5) is 0 Å². The van der Waals surface area contributed by atoms with Gasteiger partial charge in [0.2, 0.25) is 0 Å². The van der Waals surface area contributed by atoms with Crippen LogP contribution in [-0.2, 0) is 65.4 Å². The Morgan fingerprint density at radius 1 is 0.300 bits per heavy atom. The fourth-order valence-electron chi connectivity index (χ4n) is 10.8. The van der Waals surface area contributed by atoms with Gasteiger partial charge < -0.3 is 33.8 Å². The van der Waals surface area contributed by atoms with Gasteiger partial charge in [0.05, 0.1) is 26.4 Å². The summed E-state index contributed by atoms with van der Waals surface area (Å²) in [7, 11) is -9.90. The van der Waals surface area contributed by atoms with Gasteiger partial charge in [-0.15, -0.1) is 0 Å². The van der Waals surface area contributed by atoms with E-state index < -0.39 is 97.5 Å². The molecule has 5 atom stereocenters. The first-order valence-electron chi connectivity index (χ1n) is 37.0. The topological polar surface area (TPSA) is 237 Å². The number of aliphatic hydroxyl groups is 1. The van der Waals surface area contributed by atoms with E-state index in [1.165, 1.54) is 180 Å². The monoisotopic (exact) mass is 1320 g/mol. The molecule has 0 radical (unpaired) electrons. The fourth-order valence-corrected chi connectivity index (χ4v) is 12.3. The second-order valence-corrected chi connectivity index (χ2v) is 29.5. The summed E-state index contributed by atoms with van der Waals surface area (Å²) in [6.07, 6.45) is 48.6. The van der Waals surface area contributed by atoms with Crippen molar-refractivity contribution in [2.45, 2.75) is 381 Å². The quantitative estimate of drug-likeness (QED) is 0.0222. The van der Waals surface area contributed by atoms with Crippen molar-refractivity contribution in [1.29, 1.82) is 0 Å². The fraction of sp³-hybridized carbons (Fsp3) is 0.944. The number of rotatable bonds is 70. The zero-order valence-electron chi connectivity index (χ0n) is 58.4. The molecule has 0 fully saturated rings. The van der Waals surface area contributed by atoms with Gasteiger partial charge >= 0.3 is 39.5 Å². The van der Waals surface area contributed by atoms with Crippen molar-refractivity contribution in [3.05, 3.63) is 0 Å². The third-order valence-electron chi connectivity index (χ3n) is 16.5. The van der Waals surface area contributed by atoms with Crippen molar-refractivity contribution in [3.63, 3.8) is 0 Å². The zero-order chi connectivity index (χ0) is 66.5. The molecule has 0 spiro atoms. The second kappa shape index (κ2) is 63.1. The van der Waals surface area contributed by atoms with E-state index in [1.54, 1.807) is 0 Å². The lowest BCUT2D eigenvalue weighted by Crippen LogP contribution is -2.30. The van der Waals surface area contributed by atoms with E-state index in [0.717, 1.165) is 95.8 Å². The molecular weight excluding hydrogens is 1190 g/mol. The Kier molecular flexibility index (Phi) is 61.8. The molecule has 2 unspecified atom stereocenters. The molecule has 0 aromatic heterocycles. The number of ether oxygens (including phenoxy) is 4. The van der Waals surface area contributed by atoms with Crippen molar-refractivity contribution in [2.24, 2.45) is 11.8 Å². The van der Waals surface area contributed by atoms with Crippen molar-refractivity contribution in [2.75, 3.05) is 39.6 Å². The highest BCUT2D eigenvalue weighted by atomic mass is 31.2. The van der Waals surface area contributed by atoms with Gasteiger partial charge in [-0.1, -0.05) is 311 Å². The summed E-state index contributed by atoms with van der Waals surface area (Å²) < 4.78 is 68.3. The summed E-state index contributed by atoms with van der Waals surface area (Å²) in [5.74, 6) is -0.634. The maximum Gasteiger partial charge on any atom is 0.472 e. The Morgan fingerprint density at radius 2 is 0.511 bits per heavy atom. The highest BCUT2D eigenvalue weighted by Crippen LogP contribution is 2.45. The number of phosphoric acid groups is 2. The maximum atomic E-state index is 13.0. The van der Waals surface area contributed by atoms with E-state index in [1.807, 2.05) is 0 Å². The number of hydrogen-bond donors (Lipinski definition) is 3. The summed E-state index contributed by atoms with van der Waals surface area (Å²) in [4.78, 5) is 72.5. The van der Waals surface area contributed by atoms with Gasteiger partial charge in [-0.3, -0.25) is 37.3 Å². The first-order chi connectivity index (χ1) is 43.4. The molecule has 0 aliphatic rings. The van der Waals surface area contributed by atoms with Crippen LogP contribution in [0.3, 0.4) is 0 Å². The van der Waals surface area contributed by atoms with Crippen LogP contribution in [-0.4, -0.2) is 96.7 Å². The normalized spacial score (nSPS) is 14.1. The van der Waals surface area contributed by atoms with E-state index in [2.05, 4.69) is 41.5 Å². The Morgan fingerprint density at radius 3 is 0.756 bits per heavy atom. The number of unbranched alkanes of at least 4 members (excludes halogenated alkanes) is 40. The number of phosphoric ester groups is 2. The maximum absolute atomic E-state index is 13.0. The Bertz CT molecular complexity index is 1750. The molecule has 0 aliphatic heterocycles. The smallest absolute Gasteiger partial charge is 0.462 e. The van der Waals surface area contributed by atoms with Gasteiger partial charge in [0.1, 0.15) is 19.3 Å². The van der Waals surface area contributed by atoms with E-state index in [4.69, 9.17) is 37.0 Å². The van der Waals surface area contributed by atoms with Crippen molar-refractivity contribution >= 4 is 39.5 Å². The van der Waals surface area contributed by atoms with Crippen LogP contribution in [0.2, 0.25) is 0 Å². The SMILES string of the molecule is CCCCCCCCCCCCCCCCC(=O)OC[C@H](COP(=O)(O)OC[C@@H](O)COP(=O)(O)OC[C@@H](COC(=O)CCCCCCCCCCC)OC(=O)CCCCCCCCCC(C)C)OC(=O)CCCCCCCCCCCCCCCCC(C)C. The highest BCUT2D eigenvalue weighted by Gasteiger charge is 2.30. The predicted molar refractivity (Wildman–Crippen MR) is 363 cm³/mol. The predicted octanol–water partition coefficient (Wildman–Crippen LogP) is 20.4. The lowest BCUT2D eigenvalue weighted by atomic mass is 10.0. The minimum absolute atomic E-state index is 0.104. The lowest BCUT2D eigenvalue weighted by molar-refractivity contribution is -0.161. The number of esters is 4. The van der Waals surface area contributed by atoms with E-state index in [0.29, 0.717) is 31.6 Å². The first-order valence-corrected chi connectivity index (χ1v) is 40.0. The summed E-state index contributed by atoms with van der Waals surface area (Å²) >= 11 is 0. The number of carbonyl (C=O) groups excluding carboxylic acids is 4. The molecule has 0 heterocycles. The van der Waals surface area contributed by atoms with Gasteiger partial charge in [-0.25, -0.2) is 9.13 Å². The van der Waals surface area contributed by atoms with Crippen LogP contribution < -0.4 is 0 Å². The van der Waals surface area contributed by atoms with Gasteiger partial charge in [-0.05, 0) is 37.5 Å². The van der Waals surface area contributed by atoms with Crippen LogP contribution >= 0.6 is 15.6 Å². The first kappa shape index (κ1) is 88.1. The summed E-state index contributed by atoms with van der Waals surface area (Å²) in [5.41, 5.74) is 0. The van der Waals surface area contributed by atoms with Crippen molar-refractivity contribution in [3.8, 4) is 0 Å². The molecule has 0 aromatic rings. The summed E-state index contributed by atoms with van der Waals surface area (Å²) in [6.45, 7) is 9.50. The molecule has 0 bridgehead atoms. The average Bonchev–Trinajstić information content (AvgIpc) is 2.98. The number of carbonyl (C=O) groups is 4.